The van der Waals surface area contributed by atoms with E-state index in [0.29, 0.717) is 29.9 Å². The molecule has 3 aliphatic rings. The van der Waals surface area contributed by atoms with Crippen molar-refractivity contribution in [2.24, 2.45) is 0 Å². The Bertz CT molecular complexity index is 701. The van der Waals surface area contributed by atoms with Crippen LogP contribution in [0.2, 0.25) is 0 Å². The van der Waals surface area contributed by atoms with Gasteiger partial charge in [-0.25, -0.2) is 9.59 Å². The van der Waals surface area contributed by atoms with Crippen LogP contribution in [0.3, 0.4) is 0 Å². The van der Waals surface area contributed by atoms with Crippen LogP contribution in [0, 0.1) is 0 Å². The van der Waals surface area contributed by atoms with Gasteiger partial charge in [-0.3, -0.25) is 4.90 Å². The molecule has 0 aromatic heterocycles. The number of hydrogen-bond donors (Lipinski definition) is 2. The molecule has 1 aromatic rings. The smallest absolute Gasteiger partial charge is 0.338 e. The third kappa shape index (κ3) is 4.74. The van der Waals surface area contributed by atoms with Gasteiger partial charge < -0.3 is 15.4 Å². The van der Waals surface area contributed by atoms with Gasteiger partial charge in [0.25, 0.3) is 0 Å². The molecule has 1 aliphatic carbocycles. The molecule has 1 aromatic carbocycles. The van der Waals surface area contributed by atoms with E-state index in [-0.39, 0.29) is 18.0 Å². The SMILES string of the molecule is CCOC(=O)c1ccc(NC(=O)NC2CC3CCCC(C2)N3C2CCCC2)cc1. The summed E-state index contributed by atoms with van der Waals surface area (Å²) in [6.07, 6.45) is 11.4. The van der Waals surface area contributed by atoms with Gasteiger partial charge in [-0.05, 0) is 69.7 Å². The van der Waals surface area contributed by atoms with Crippen LogP contribution in [0.4, 0.5) is 10.5 Å². The number of rotatable bonds is 5. The maximum atomic E-state index is 12.5. The number of benzene rings is 1. The quantitative estimate of drug-likeness (QED) is 0.724. The van der Waals surface area contributed by atoms with Crippen LogP contribution in [-0.2, 0) is 4.74 Å². The number of carbonyl (C=O) groups is 2. The highest BCUT2D eigenvalue weighted by molar-refractivity contribution is 5.92. The first kappa shape index (κ1) is 20.2. The fraction of sp³-hybridized carbons (Fsp3) is 0.652. The maximum Gasteiger partial charge on any atom is 0.338 e. The molecule has 6 heteroatoms. The molecule has 6 nitrogen and oxygen atoms in total. The van der Waals surface area contributed by atoms with Crippen molar-refractivity contribution in [3.05, 3.63) is 29.8 Å². The second-order valence-corrected chi connectivity index (χ2v) is 8.69. The van der Waals surface area contributed by atoms with Gasteiger partial charge in [0.1, 0.15) is 0 Å². The summed E-state index contributed by atoms with van der Waals surface area (Å²) < 4.78 is 4.99. The molecule has 3 fully saturated rings. The lowest BCUT2D eigenvalue weighted by Gasteiger charge is -2.51. The van der Waals surface area contributed by atoms with Crippen LogP contribution in [0.1, 0.15) is 75.1 Å². The van der Waals surface area contributed by atoms with Crippen molar-refractivity contribution in [3.63, 3.8) is 0 Å². The number of ether oxygens (including phenoxy) is 1. The molecule has 2 N–H and O–H groups in total. The number of fused-ring (bicyclic) bond motifs is 2. The highest BCUT2D eigenvalue weighted by atomic mass is 16.5. The van der Waals surface area contributed by atoms with Gasteiger partial charge >= 0.3 is 12.0 Å². The van der Waals surface area contributed by atoms with E-state index in [0.717, 1.165) is 18.9 Å². The molecule has 1 saturated carbocycles. The van der Waals surface area contributed by atoms with Crippen LogP contribution >= 0.6 is 0 Å². The molecule has 2 atom stereocenters. The topological polar surface area (TPSA) is 70.7 Å². The normalized spacial score (nSPS) is 27.4. The van der Waals surface area contributed by atoms with E-state index in [1.54, 1.807) is 31.2 Å². The maximum absolute atomic E-state index is 12.5. The predicted octanol–water partition coefficient (Wildman–Crippen LogP) is 4.31. The van der Waals surface area contributed by atoms with Crippen LogP contribution in [0.15, 0.2) is 24.3 Å². The Morgan fingerprint density at radius 1 is 0.966 bits per heavy atom. The largest absolute Gasteiger partial charge is 0.462 e. The molecular formula is C23H33N3O3. The molecule has 2 bridgehead atoms. The van der Waals surface area contributed by atoms with Crippen molar-refractivity contribution in [3.8, 4) is 0 Å². The monoisotopic (exact) mass is 399 g/mol. The minimum Gasteiger partial charge on any atom is -0.462 e. The molecule has 0 radical (unpaired) electrons. The number of carbonyl (C=O) groups excluding carboxylic acids is 2. The number of piperidine rings is 2. The van der Waals surface area contributed by atoms with E-state index in [1.165, 1.54) is 44.9 Å². The molecule has 2 amide bonds. The second-order valence-electron chi connectivity index (χ2n) is 8.69. The summed E-state index contributed by atoms with van der Waals surface area (Å²) in [6, 6.07) is 8.94. The van der Waals surface area contributed by atoms with Crippen LogP contribution in [0.5, 0.6) is 0 Å². The first-order valence-electron chi connectivity index (χ1n) is 11.3. The first-order chi connectivity index (χ1) is 14.1. The van der Waals surface area contributed by atoms with Crippen molar-refractivity contribution in [1.82, 2.24) is 10.2 Å². The fourth-order valence-electron chi connectivity index (χ4n) is 5.59. The van der Waals surface area contributed by atoms with Crippen LogP contribution < -0.4 is 10.6 Å². The number of esters is 1. The molecule has 2 aliphatic heterocycles. The van der Waals surface area contributed by atoms with Gasteiger partial charge in [-0.1, -0.05) is 19.3 Å². The molecule has 158 valence electrons. The lowest BCUT2D eigenvalue weighted by molar-refractivity contribution is -0.00680. The first-order valence-corrected chi connectivity index (χ1v) is 11.3. The summed E-state index contributed by atoms with van der Waals surface area (Å²) >= 11 is 0. The van der Waals surface area contributed by atoms with Crippen LogP contribution in [0.25, 0.3) is 0 Å². The number of hydrogen-bond acceptors (Lipinski definition) is 4. The molecule has 29 heavy (non-hydrogen) atoms. The average Bonchev–Trinajstić information content (AvgIpc) is 3.22. The van der Waals surface area contributed by atoms with Gasteiger partial charge in [0.15, 0.2) is 0 Å². The van der Waals surface area contributed by atoms with Crippen molar-refractivity contribution in [2.45, 2.75) is 88.9 Å². The van der Waals surface area contributed by atoms with Gasteiger partial charge in [0.05, 0.1) is 12.2 Å². The molecule has 2 unspecified atom stereocenters. The Morgan fingerprint density at radius 3 is 2.21 bits per heavy atom. The van der Waals surface area contributed by atoms with E-state index in [4.69, 9.17) is 4.74 Å². The minimum absolute atomic E-state index is 0.161. The van der Waals surface area contributed by atoms with E-state index in [9.17, 15) is 9.59 Å². The van der Waals surface area contributed by atoms with Gasteiger partial charge in [-0.15, -0.1) is 0 Å². The summed E-state index contributed by atoms with van der Waals surface area (Å²) in [5.74, 6) is -0.343. The standard InChI is InChI=1S/C23H33N3O3/c1-2-29-22(27)16-10-12-17(13-11-16)24-23(28)25-18-14-20-8-5-9-21(15-18)26(20)19-6-3-4-7-19/h10-13,18-21H,2-9,14-15H2,1H3,(H2,24,25,28). The molecule has 0 spiro atoms. The summed E-state index contributed by atoms with van der Waals surface area (Å²) in [6.45, 7) is 2.13. The van der Waals surface area contributed by atoms with E-state index >= 15 is 0 Å². The van der Waals surface area contributed by atoms with Gasteiger partial charge in [0.2, 0.25) is 0 Å². The molecular weight excluding hydrogens is 366 g/mol. The summed E-state index contributed by atoms with van der Waals surface area (Å²) in [5, 5.41) is 6.10. The number of nitrogens with zero attached hydrogens (tertiary/aromatic N) is 1. The number of amides is 2. The molecule has 2 saturated heterocycles. The van der Waals surface area contributed by atoms with Crippen molar-refractivity contribution >= 4 is 17.7 Å². The second kappa shape index (κ2) is 9.16. The highest BCUT2D eigenvalue weighted by Crippen LogP contribution is 2.39. The van der Waals surface area contributed by atoms with Gasteiger partial charge in [-0.2, -0.15) is 0 Å². The number of nitrogens with one attached hydrogen (secondary N) is 2. The molecule has 4 rings (SSSR count). The Labute approximate surface area is 173 Å². The zero-order valence-electron chi connectivity index (χ0n) is 17.4. The fourth-order valence-corrected chi connectivity index (χ4v) is 5.59. The van der Waals surface area contributed by atoms with Crippen molar-refractivity contribution in [1.29, 1.82) is 0 Å². The van der Waals surface area contributed by atoms with Crippen LogP contribution in [-0.4, -0.2) is 47.7 Å². The zero-order valence-corrected chi connectivity index (χ0v) is 17.4. The number of urea groups is 1. The third-order valence-electron chi connectivity index (χ3n) is 6.77. The lowest BCUT2D eigenvalue weighted by Crippen LogP contribution is -2.59. The minimum atomic E-state index is -0.343. The lowest BCUT2D eigenvalue weighted by atomic mass is 9.80. The predicted molar refractivity (Wildman–Crippen MR) is 113 cm³/mol. The Hall–Kier alpha value is -2.08. The van der Waals surface area contributed by atoms with Crippen molar-refractivity contribution in [2.75, 3.05) is 11.9 Å². The van der Waals surface area contributed by atoms with Crippen molar-refractivity contribution < 1.29 is 14.3 Å². The molecule has 2 heterocycles. The van der Waals surface area contributed by atoms with Gasteiger partial charge in [0, 0.05) is 29.9 Å². The van der Waals surface area contributed by atoms with E-state index in [2.05, 4.69) is 15.5 Å². The Balaban J connectivity index is 1.30. The highest BCUT2D eigenvalue weighted by Gasteiger charge is 2.42. The third-order valence-corrected chi connectivity index (χ3v) is 6.77. The summed E-state index contributed by atoms with van der Waals surface area (Å²) in [5.41, 5.74) is 1.17. The van der Waals surface area contributed by atoms with E-state index < -0.39 is 0 Å². The summed E-state index contributed by atoms with van der Waals surface area (Å²) in [7, 11) is 0. The summed E-state index contributed by atoms with van der Waals surface area (Å²) in [4.78, 5) is 27.1. The zero-order chi connectivity index (χ0) is 20.2. The Morgan fingerprint density at radius 2 is 1.59 bits per heavy atom. The van der Waals surface area contributed by atoms with E-state index in [1.807, 2.05) is 0 Å². The number of anilines is 1. The average molecular weight is 400 g/mol. The Kier molecular flexibility index (Phi) is 6.38.